The Morgan fingerprint density at radius 2 is 2.00 bits per heavy atom. The van der Waals surface area contributed by atoms with Crippen molar-refractivity contribution in [3.05, 3.63) is 53.0 Å². The summed E-state index contributed by atoms with van der Waals surface area (Å²) in [7, 11) is 0. The van der Waals surface area contributed by atoms with Gasteiger partial charge in [0, 0.05) is 6.20 Å². The number of halogens is 3. The molecule has 1 amide bonds. The fourth-order valence-corrected chi connectivity index (χ4v) is 1.47. The number of amides is 1. The van der Waals surface area contributed by atoms with Gasteiger partial charge in [0.1, 0.15) is 11.9 Å². The van der Waals surface area contributed by atoms with E-state index >= 15 is 0 Å². The summed E-state index contributed by atoms with van der Waals surface area (Å²) in [5.74, 6) is -7.65. The highest BCUT2D eigenvalue weighted by molar-refractivity contribution is 6.04. The van der Waals surface area contributed by atoms with E-state index in [2.05, 4.69) is 10.3 Å². The van der Waals surface area contributed by atoms with Gasteiger partial charge in [-0.2, -0.15) is 9.65 Å². The molecular formula is C13H6F3N3O2. The molecule has 0 spiro atoms. The van der Waals surface area contributed by atoms with E-state index in [1.807, 2.05) is 6.07 Å². The van der Waals surface area contributed by atoms with Crippen molar-refractivity contribution in [2.45, 2.75) is 0 Å². The lowest BCUT2D eigenvalue weighted by Gasteiger charge is -2.07. The Hall–Kier alpha value is -3.08. The van der Waals surface area contributed by atoms with Gasteiger partial charge in [-0.3, -0.25) is 4.79 Å². The fraction of sp³-hybridized carbons (Fsp3) is 0. The van der Waals surface area contributed by atoms with E-state index in [0.717, 1.165) is 6.20 Å². The molecule has 0 saturated heterocycles. The second-order valence-corrected chi connectivity index (χ2v) is 3.88. The smallest absolute Gasteiger partial charge is 0.260 e. The van der Waals surface area contributed by atoms with Gasteiger partial charge in [0.2, 0.25) is 5.82 Å². The van der Waals surface area contributed by atoms with Crippen molar-refractivity contribution in [3.63, 3.8) is 0 Å². The minimum Gasteiger partial charge on any atom is -0.503 e. The lowest BCUT2D eigenvalue weighted by atomic mass is 10.1. The van der Waals surface area contributed by atoms with Gasteiger partial charge >= 0.3 is 0 Å². The Morgan fingerprint density at radius 1 is 1.29 bits per heavy atom. The number of hydrogen-bond acceptors (Lipinski definition) is 4. The number of phenolic OH excluding ortho intramolecular Hbond substituents is 1. The quantitative estimate of drug-likeness (QED) is 0.832. The molecule has 1 aromatic carbocycles. The number of pyridine rings is 1. The van der Waals surface area contributed by atoms with Crippen LogP contribution in [0.4, 0.5) is 19.0 Å². The van der Waals surface area contributed by atoms with Gasteiger partial charge in [0.05, 0.1) is 11.1 Å². The zero-order valence-corrected chi connectivity index (χ0v) is 10.2. The molecule has 2 rings (SSSR count). The maximum atomic E-state index is 13.5. The minimum absolute atomic E-state index is 0.0253. The highest BCUT2D eigenvalue weighted by atomic mass is 19.2. The van der Waals surface area contributed by atoms with Crippen LogP contribution in [0.2, 0.25) is 0 Å². The molecule has 0 bridgehead atoms. The lowest BCUT2D eigenvalue weighted by Crippen LogP contribution is -2.15. The Kier molecular flexibility index (Phi) is 3.75. The molecule has 0 aliphatic rings. The number of nitrogens with zero attached hydrogens (tertiary/aromatic N) is 2. The van der Waals surface area contributed by atoms with Gasteiger partial charge in [0.25, 0.3) is 5.91 Å². The molecule has 21 heavy (non-hydrogen) atoms. The monoisotopic (exact) mass is 293 g/mol. The van der Waals surface area contributed by atoms with Crippen LogP contribution in [0.1, 0.15) is 15.9 Å². The van der Waals surface area contributed by atoms with Gasteiger partial charge in [-0.25, -0.2) is 13.8 Å². The molecule has 0 atom stereocenters. The van der Waals surface area contributed by atoms with Crippen LogP contribution in [0.25, 0.3) is 0 Å². The summed E-state index contributed by atoms with van der Waals surface area (Å²) in [5, 5.41) is 19.7. The van der Waals surface area contributed by atoms with E-state index in [9.17, 15) is 18.0 Å². The van der Waals surface area contributed by atoms with E-state index in [0.29, 0.717) is 6.07 Å². The Labute approximate surface area is 116 Å². The molecule has 8 heteroatoms. The summed E-state index contributed by atoms with van der Waals surface area (Å²) >= 11 is 0. The Balaban J connectivity index is 2.30. The normalized spacial score (nSPS) is 10.0. The van der Waals surface area contributed by atoms with Crippen LogP contribution >= 0.6 is 0 Å². The maximum Gasteiger partial charge on any atom is 0.260 e. The largest absolute Gasteiger partial charge is 0.503 e. The highest BCUT2D eigenvalue weighted by Gasteiger charge is 2.22. The van der Waals surface area contributed by atoms with Gasteiger partial charge < -0.3 is 10.4 Å². The molecule has 0 radical (unpaired) electrons. The first-order chi connectivity index (χ1) is 9.93. The van der Waals surface area contributed by atoms with Crippen LogP contribution < -0.4 is 5.32 Å². The first-order valence-corrected chi connectivity index (χ1v) is 5.48. The predicted octanol–water partition coefficient (Wildman–Crippen LogP) is 2.33. The number of anilines is 1. The first kappa shape index (κ1) is 14.3. The second kappa shape index (κ2) is 5.50. The topological polar surface area (TPSA) is 86.0 Å². The summed E-state index contributed by atoms with van der Waals surface area (Å²) in [5.41, 5.74) is -0.637. The van der Waals surface area contributed by atoms with E-state index < -0.39 is 34.7 Å². The predicted molar refractivity (Wildman–Crippen MR) is 64.9 cm³/mol. The number of phenols is 1. The van der Waals surface area contributed by atoms with Crippen LogP contribution in [-0.4, -0.2) is 16.0 Å². The fourth-order valence-electron chi connectivity index (χ4n) is 1.47. The lowest BCUT2D eigenvalue weighted by molar-refractivity contribution is 0.102. The standard InChI is InChI=1S/C13H6F3N3O2/c14-8-3-7(10(15)12(20)11(8)16)13(21)19-9-2-1-6(4-17)5-18-9/h1-3,5,20H,(H,18,19,21). The summed E-state index contributed by atoms with van der Waals surface area (Å²) in [6.45, 7) is 0. The van der Waals surface area contributed by atoms with Crippen LogP contribution in [-0.2, 0) is 0 Å². The van der Waals surface area contributed by atoms with E-state index in [1.54, 1.807) is 0 Å². The van der Waals surface area contributed by atoms with E-state index in [-0.39, 0.29) is 11.4 Å². The zero-order valence-electron chi connectivity index (χ0n) is 10.2. The van der Waals surface area contributed by atoms with Gasteiger partial charge in [-0.05, 0) is 18.2 Å². The van der Waals surface area contributed by atoms with Crippen molar-refractivity contribution in [2.24, 2.45) is 0 Å². The van der Waals surface area contributed by atoms with Crippen LogP contribution in [0, 0.1) is 28.8 Å². The third-order valence-corrected chi connectivity index (χ3v) is 2.51. The average Bonchev–Trinajstić information content (AvgIpc) is 2.49. The number of benzene rings is 1. The second-order valence-electron chi connectivity index (χ2n) is 3.88. The number of carbonyl (C=O) groups is 1. The number of hydrogen-bond donors (Lipinski definition) is 2. The van der Waals surface area contributed by atoms with Crippen molar-refractivity contribution >= 4 is 11.7 Å². The Morgan fingerprint density at radius 3 is 2.57 bits per heavy atom. The molecule has 2 N–H and O–H groups in total. The van der Waals surface area contributed by atoms with Crippen molar-refractivity contribution in [1.29, 1.82) is 5.26 Å². The third kappa shape index (κ3) is 2.76. The zero-order chi connectivity index (χ0) is 15.6. The van der Waals surface area contributed by atoms with Crippen LogP contribution in [0.15, 0.2) is 24.4 Å². The van der Waals surface area contributed by atoms with Crippen LogP contribution in [0.5, 0.6) is 5.75 Å². The number of aromatic nitrogens is 1. The number of aromatic hydroxyl groups is 1. The van der Waals surface area contributed by atoms with E-state index in [4.69, 9.17) is 10.4 Å². The molecule has 0 aliphatic carbocycles. The number of nitrogens with one attached hydrogen (secondary N) is 1. The van der Waals surface area contributed by atoms with Crippen molar-refractivity contribution in [1.82, 2.24) is 4.98 Å². The number of nitriles is 1. The van der Waals surface area contributed by atoms with Crippen molar-refractivity contribution in [3.8, 4) is 11.8 Å². The summed E-state index contributed by atoms with van der Waals surface area (Å²) in [6, 6.07) is 4.75. The number of carbonyl (C=O) groups excluding carboxylic acids is 1. The Bertz CT molecular complexity index is 755. The van der Waals surface area contributed by atoms with E-state index in [1.165, 1.54) is 12.1 Å². The van der Waals surface area contributed by atoms with Crippen LogP contribution in [0.3, 0.4) is 0 Å². The molecule has 0 unspecified atom stereocenters. The highest BCUT2D eigenvalue weighted by Crippen LogP contribution is 2.26. The molecule has 0 fully saturated rings. The molecule has 106 valence electrons. The average molecular weight is 293 g/mol. The van der Waals surface area contributed by atoms with Crippen molar-refractivity contribution < 1.29 is 23.1 Å². The molecular weight excluding hydrogens is 287 g/mol. The summed E-state index contributed by atoms with van der Waals surface area (Å²) < 4.78 is 39.5. The SMILES string of the molecule is N#Cc1ccc(NC(=O)c2cc(F)c(F)c(O)c2F)nc1. The molecule has 1 aromatic heterocycles. The first-order valence-electron chi connectivity index (χ1n) is 5.48. The molecule has 0 saturated carbocycles. The number of rotatable bonds is 2. The van der Waals surface area contributed by atoms with Gasteiger partial charge in [0.15, 0.2) is 17.4 Å². The maximum absolute atomic E-state index is 13.5. The minimum atomic E-state index is -1.78. The molecule has 0 aliphatic heterocycles. The molecule has 2 aromatic rings. The third-order valence-electron chi connectivity index (χ3n) is 2.51. The van der Waals surface area contributed by atoms with Gasteiger partial charge in [-0.1, -0.05) is 0 Å². The summed E-state index contributed by atoms with van der Waals surface area (Å²) in [4.78, 5) is 15.4. The molecule has 5 nitrogen and oxygen atoms in total. The van der Waals surface area contributed by atoms with Crippen molar-refractivity contribution in [2.75, 3.05) is 5.32 Å². The summed E-state index contributed by atoms with van der Waals surface area (Å²) in [6.07, 6.45) is 1.16. The molecule has 1 heterocycles. The van der Waals surface area contributed by atoms with Gasteiger partial charge in [-0.15, -0.1) is 0 Å².